The van der Waals surface area contributed by atoms with Gasteiger partial charge in [0.05, 0.1) is 11.5 Å². The van der Waals surface area contributed by atoms with Crippen molar-refractivity contribution in [1.29, 1.82) is 0 Å². The molecule has 32 heavy (non-hydrogen) atoms. The molecule has 0 atom stereocenters. The molecule has 1 amide bonds. The van der Waals surface area contributed by atoms with E-state index < -0.39 is 10.0 Å². The number of rotatable bonds is 8. The Bertz CT molecular complexity index is 1020. The lowest BCUT2D eigenvalue weighted by Crippen LogP contribution is -2.35. The zero-order valence-corrected chi connectivity index (χ0v) is 19.5. The summed E-state index contributed by atoms with van der Waals surface area (Å²) in [5.41, 5.74) is 1.01. The van der Waals surface area contributed by atoms with Crippen LogP contribution in [0, 0.1) is 0 Å². The van der Waals surface area contributed by atoms with E-state index in [0.717, 1.165) is 19.3 Å². The average Bonchev–Trinajstić information content (AvgIpc) is 2.80. The van der Waals surface area contributed by atoms with Crippen LogP contribution >= 0.6 is 12.2 Å². The maximum Gasteiger partial charge on any atom is 0.257 e. The van der Waals surface area contributed by atoms with E-state index in [9.17, 15) is 13.2 Å². The van der Waals surface area contributed by atoms with Gasteiger partial charge in [0, 0.05) is 31.5 Å². The number of anilines is 1. The van der Waals surface area contributed by atoms with Crippen molar-refractivity contribution in [2.45, 2.75) is 24.2 Å². The molecule has 2 aromatic carbocycles. The first-order valence-corrected chi connectivity index (χ1v) is 12.2. The first-order valence-electron chi connectivity index (χ1n) is 10.3. The first-order chi connectivity index (χ1) is 15.4. The van der Waals surface area contributed by atoms with Crippen LogP contribution in [0.4, 0.5) is 5.69 Å². The number of amides is 1. The number of benzene rings is 2. The molecule has 1 heterocycles. The fourth-order valence-corrected chi connectivity index (χ4v) is 4.98. The van der Waals surface area contributed by atoms with Crippen LogP contribution in [-0.2, 0) is 14.8 Å². The van der Waals surface area contributed by atoms with Crippen molar-refractivity contribution in [2.24, 2.45) is 0 Å². The Balaban J connectivity index is 1.53. The van der Waals surface area contributed by atoms with Crippen LogP contribution in [0.25, 0.3) is 0 Å². The van der Waals surface area contributed by atoms with Crippen LogP contribution in [0.2, 0.25) is 0 Å². The Hall–Kier alpha value is -2.53. The standard InChI is InChI=1S/C22H27N3O5S2/c1-29-15-16-30-19-9-5-17(6-10-19)21(26)24-22(31)23-18-7-11-20(12-8-18)32(27,28)25-13-3-2-4-14-25/h5-12H,2-4,13-16H2,1H3,(H2,23,24,26,31). The van der Waals surface area contributed by atoms with Crippen LogP contribution < -0.4 is 15.4 Å². The third kappa shape index (κ3) is 6.49. The van der Waals surface area contributed by atoms with Crippen molar-refractivity contribution in [3.05, 3.63) is 54.1 Å². The number of thiocarbonyl (C=S) groups is 1. The number of nitrogens with zero attached hydrogens (tertiary/aromatic N) is 1. The highest BCUT2D eigenvalue weighted by Gasteiger charge is 2.25. The van der Waals surface area contributed by atoms with Crippen LogP contribution in [0.3, 0.4) is 0 Å². The number of hydrogen-bond donors (Lipinski definition) is 2. The fraction of sp³-hybridized carbons (Fsp3) is 0.364. The number of methoxy groups -OCH3 is 1. The highest BCUT2D eigenvalue weighted by atomic mass is 32.2. The molecule has 1 saturated heterocycles. The smallest absolute Gasteiger partial charge is 0.257 e. The molecule has 8 nitrogen and oxygen atoms in total. The predicted octanol–water partition coefficient (Wildman–Crippen LogP) is 3.01. The zero-order chi connectivity index (χ0) is 23.0. The summed E-state index contributed by atoms with van der Waals surface area (Å²) in [6.07, 6.45) is 2.83. The van der Waals surface area contributed by atoms with E-state index in [0.29, 0.717) is 43.3 Å². The molecule has 0 saturated carbocycles. The van der Waals surface area contributed by atoms with Gasteiger partial charge >= 0.3 is 0 Å². The maximum atomic E-state index is 12.7. The predicted molar refractivity (Wildman–Crippen MR) is 127 cm³/mol. The molecule has 0 unspecified atom stereocenters. The minimum Gasteiger partial charge on any atom is -0.491 e. The number of nitrogens with one attached hydrogen (secondary N) is 2. The van der Waals surface area contributed by atoms with E-state index in [1.54, 1.807) is 55.6 Å². The molecule has 10 heteroatoms. The summed E-state index contributed by atoms with van der Waals surface area (Å²) in [5, 5.41) is 5.62. The minimum absolute atomic E-state index is 0.113. The summed E-state index contributed by atoms with van der Waals surface area (Å²) in [5.74, 6) is 0.272. The van der Waals surface area contributed by atoms with E-state index in [2.05, 4.69) is 10.6 Å². The molecule has 0 aromatic heterocycles. The monoisotopic (exact) mass is 477 g/mol. The van der Waals surface area contributed by atoms with Crippen molar-refractivity contribution < 1.29 is 22.7 Å². The zero-order valence-electron chi connectivity index (χ0n) is 17.9. The number of sulfonamides is 1. The quantitative estimate of drug-likeness (QED) is 0.446. The average molecular weight is 478 g/mol. The second-order valence-electron chi connectivity index (χ2n) is 7.26. The summed E-state index contributed by atoms with van der Waals surface area (Å²) in [4.78, 5) is 12.6. The van der Waals surface area contributed by atoms with Gasteiger partial charge in [-0.25, -0.2) is 8.42 Å². The van der Waals surface area contributed by atoms with Crippen LogP contribution in [0.15, 0.2) is 53.4 Å². The van der Waals surface area contributed by atoms with Gasteiger partial charge in [0.1, 0.15) is 12.4 Å². The van der Waals surface area contributed by atoms with Crippen molar-refractivity contribution in [1.82, 2.24) is 9.62 Å². The molecular formula is C22H27N3O5S2. The first kappa shape index (κ1) is 24.1. The second kappa shape index (κ2) is 11.4. The lowest BCUT2D eigenvalue weighted by Gasteiger charge is -2.25. The molecule has 0 aliphatic carbocycles. The molecule has 2 aromatic rings. The normalized spacial score (nSPS) is 14.5. The van der Waals surface area contributed by atoms with Gasteiger partial charge in [-0.1, -0.05) is 6.42 Å². The molecule has 2 N–H and O–H groups in total. The van der Waals surface area contributed by atoms with Gasteiger partial charge in [0.2, 0.25) is 10.0 Å². The number of ether oxygens (including phenoxy) is 2. The lowest BCUT2D eigenvalue weighted by molar-refractivity contribution is 0.0977. The molecule has 1 fully saturated rings. The Kier molecular flexibility index (Phi) is 8.57. The summed E-state index contributed by atoms with van der Waals surface area (Å²) < 4.78 is 37.4. The van der Waals surface area contributed by atoms with E-state index >= 15 is 0 Å². The Morgan fingerprint density at radius 1 is 1.00 bits per heavy atom. The molecule has 0 bridgehead atoms. The van der Waals surface area contributed by atoms with E-state index in [1.807, 2.05) is 0 Å². The van der Waals surface area contributed by atoms with Gasteiger partial charge in [-0.05, 0) is 73.6 Å². The Morgan fingerprint density at radius 3 is 2.28 bits per heavy atom. The number of piperidine rings is 1. The number of carbonyl (C=O) groups excluding carboxylic acids is 1. The van der Waals surface area contributed by atoms with Crippen molar-refractivity contribution in [2.75, 3.05) is 38.7 Å². The minimum atomic E-state index is -3.49. The molecule has 1 aliphatic rings. The third-order valence-corrected chi connectivity index (χ3v) is 7.08. The van der Waals surface area contributed by atoms with Crippen molar-refractivity contribution in [3.63, 3.8) is 0 Å². The molecule has 1 aliphatic heterocycles. The van der Waals surface area contributed by atoms with Crippen molar-refractivity contribution >= 4 is 38.9 Å². The third-order valence-electron chi connectivity index (χ3n) is 4.96. The summed E-state index contributed by atoms with van der Waals surface area (Å²) in [6, 6.07) is 13.0. The Morgan fingerprint density at radius 2 is 1.66 bits per heavy atom. The van der Waals surface area contributed by atoms with Gasteiger partial charge in [-0.3, -0.25) is 10.1 Å². The van der Waals surface area contributed by atoms with E-state index in [-0.39, 0.29) is 15.9 Å². The number of carbonyl (C=O) groups is 1. The highest BCUT2D eigenvalue weighted by molar-refractivity contribution is 7.89. The molecule has 172 valence electrons. The SMILES string of the molecule is COCCOc1ccc(C(=O)NC(=S)Nc2ccc(S(=O)(=O)N3CCCCC3)cc2)cc1. The van der Waals surface area contributed by atoms with Gasteiger partial charge in [0.15, 0.2) is 5.11 Å². The largest absolute Gasteiger partial charge is 0.491 e. The summed E-state index contributed by atoms with van der Waals surface area (Å²) in [6.45, 7) is 2.01. The van der Waals surface area contributed by atoms with Gasteiger partial charge in [-0.15, -0.1) is 0 Å². The second-order valence-corrected chi connectivity index (χ2v) is 9.61. The van der Waals surface area contributed by atoms with Crippen LogP contribution in [0.1, 0.15) is 29.6 Å². The number of hydrogen-bond acceptors (Lipinski definition) is 6. The van der Waals surface area contributed by atoms with Crippen LogP contribution in [0.5, 0.6) is 5.75 Å². The van der Waals surface area contributed by atoms with Gasteiger partial charge < -0.3 is 14.8 Å². The highest BCUT2D eigenvalue weighted by Crippen LogP contribution is 2.22. The lowest BCUT2D eigenvalue weighted by atomic mass is 10.2. The van der Waals surface area contributed by atoms with E-state index in [1.165, 1.54) is 4.31 Å². The Labute approximate surface area is 193 Å². The maximum absolute atomic E-state index is 12.7. The topological polar surface area (TPSA) is 97.0 Å². The fourth-order valence-electron chi connectivity index (χ4n) is 3.25. The van der Waals surface area contributed by atoms with Crippen LogP contribution in [-0.4, -0.2) is 57.2 Å². The molecule has 3 rings (SSSR count). The molecule has 0 spiro atoms. The molecular weight excluding hydrogens is 450 g/mol. The van der Waals surface area contributed by atoms with E-state index in [4.69, 9.17) is 21.7 Å². The van der Waals surface area contributed by atoms with Gasteiger partial charge in [-0.2, -0.15) is 4.31 Å². The molecule has 0 radical (unpaired) electrons. The van der Waals surface area contributed by atoms with Crippen molar-refractivity contribution in [3.8, 4) is 5.75 Å². The van der Waals surface area contributed by atoms with Gasteiger partial charge in [0.25, 0.3) is 5.91 Å². The summed E-state index contributed by atoms with van der Waals surface area (Å²) in [7, 11) is -1.89. The summed E-state index contributed by atoms with van der Waals surface area (Å²) >= 11 is 5.21.